The SMILES string of the molecule is COc1ccccc1NC(=O)N(C)Cc1ccc(Br)s1. The van der Waals surface area contributed by atoms with E-state index in [1.54, 1.807) is 30.4 Å². The van der Waals surface area contributed by atoms with Gasteiger partial charge in [-0.2, -0.15) is 0 Å². The van der Waals surface area contributed by atoms with Crippen molar-refractivity contribution >= 4 is 39.0 Å². The molecule has 0 aliphatic heterocycles. The smallest absolute Gasteiger partial charge is 0.322 e. The lowest BCUT2D eigenvalue weighted by Crippen LogP contribution is -2.30. The van der Waals surface area contributed by atoms with Crippen molar-refractivity contribution in [2.24, 2.45) is 0 Å². The molecule has 0 bridgehead atoms. The van der Waals surface area contributed by atoms with Gasteiger partial charge in [0.15, 0.2) is 0 Å². The Morgan fingerprint density at radius 2 is 2.10 bits per heavy atom. The van der Waals surface area contributed by atoms with Gasteiger partial charge in [-0.1, -0.05) is 12.1 Å². The number of amides is 2. The average molecular weight is 355 g/mol. The fourth-order valence-corrected chi connectivity index (χ4v) is 3.24. The third-order valence-corrected chi connectivity index (χ3v) is 4.33. The van der Waals surface area contributed by atoms with Gasteiger partial charge in [-0.25, -0.2) is 4.79 Å². The number of nitrogens with zero attached hydrogens (tertiary/aromatic N) is 1. The van der Waals surface area contributed by atoms with Crippen LogP contribution in [-0.2, 0) is 6.54 Å². The van der Waals surface area contributed by atoms with Gasteiger partial charge in [0, 0.05) is 11.9 Å². The van der Waals surface area contributed by atoms with E-state index in [1.807, 2.05) is 36.4 Å². The number of carbonyl (C=O) groups excluding carboxylic acids is 1. The molecule has 106 valence electrons. The summed E-state index contributed by atoms with van der Waals surface area (Å²) in [5.74, 6) is 0.646. The van der Waals surface area contributed by atoms with Crippen LogP contribution in [0.5, 0.6) is 5.75 Å². The highest BCUT2D eigenvalue weighted by molar-refractivity contribution is 9.11. The van der Waals surface area contributed by atoms with Gasteiger partial charge in [0.2, 0.25) is 0 Å². The first kappa shape index (κ1) is 14.9. The van der Waals surface area contributed by atoms with Crippen LogP contribution in [0.4, 0.5) is 10.5 Å². The minimum atomic E-state index is -0.168. The number of anilines is 1. The predicted molar refractivity (Wildman–Crippen MR) is 85.5 cm³/mol. The molecule has 1 aromatic carbocycles. The molecule has 0 fully saturated rings. The number of para-hydroxylation sites is 2. The number of carbonyl (C=O) groups is 1. The summed E-state index contributed by atoms with van der Waals surface area (Å²) in [5.41, 5.74) is 0.666. The second-order valence-corrected chi connectivity index (χ2v) is 6.74. The van der Waals surface area contributed by atoms with Gasteiger partial charge in [0.1, 0.15) is 5.75 Å². The molecule has 6 heteroatoms. The Balaban J connectivity index is 2.00. The van der Waals surface area contributed by atoms with Gasteiger partial charge in [-0.15, -0.1) is 11.3 Å². The number of nitrogens with one attached hydrogen (secondary N) is 1. The first-order chi connectivity index (χ1) is 9.60. The summed E-state index contributed by atoms with van der Waals surface area (Å²) in [6.07, 6.45) is 0. The van der Waals surface area contributed by atoms with Gasteiger partial charge < -0.3 is 15.0 Å². The van der Waals surface area contributed by atoms with Crippen molar-refractivity contribution in [3.8, 4) is 5.75 Å². The minimum Gasteiger partial charge on any atom is -0.495 e. The Labute approximate surface area is 130 Å². The molecule has 0 aliphatic rings. The second-order valence-electron chi connectivity index (χ2n) is 4.19. The van der Waals surface area contributed by atoms with Crippen molar-refractivity contribution in [3.05, 3.63) is 45.1 Å². The maximum absolute atomic E-state index is 12.1. The highest BCUT2D eigenvalue weighted by Crippen LogP contribution is 2.25. The molecule has 0 saturated heterocycles. The van der Waals surface area contributed by atoms with E-state index < -0.39 is 0 Å². The third kappa shape index (κ3) is 3.74. The van der Waals surface area contributed by atoms with Crippen molar-refractivity contribution in [1.29, 1.82) is 0 Å². The van der Waals surface area contributed by atoms with Crippen LogP contribution in [-0.4, -0.2) is 25.1 Å². The Hall–Kier alpha value is -1.53. The highest BCUT2D eigenvalue weighted by atomic mass is 79.9. The monoisotopic (exact) mass is 354 g/mol. The molecule has 1 aromatic heterocycles. The molecule has 2 aromatic rings. The van der Waals surface area contributed by atoms with Crippen LogP contribution in [0.15, 0.2) is 40.2 Å². The van der Waals surface area contributed by atoms with Crippen molar-refractivity contribution in [1.82, 2.24) is 4.90 Å². The zero-order chi connectivity index (χ0) is 14.5. The lowest BCUT2D eigenvalue weighted by atomic mass is 10.3. The molecule has 4 nitrogen and oxygen atoms in total. The van der Waals surface area contributed by atoms with Crippen LogP contribution in [0.25, 0.3) is 0 Å². The van der Waals surface area contributed by atoms with Crippen molar-refractivity contribution in [2.75, 3.05) is 19.5 Å². The molecule has 0 saturated carbocycles. The summed E-state index contributed by atoms with van der Waals surface area (Å²) in [5, 5.41) is 2.84. The number of urea groups is 1. The van der Waals surface area contributed by atoms with Crippen LogP contribution in [0.2, 0.25) is 0 Å². The summed E-state index contributed by atoms with van der Waals surface area (Å²) in [6.45, 7) is 0.567. The molecule has 2 amide bonds. The molecule has 0 spiro atoms. The third-order valence-electron chi connectivity index (χ3n) is 2.72. The molecule has 1 heterocycles. The Morgan fingerprint density at radius 1 is 1.35 bits per heavy atom. The first-order valence-electron chi connectivity index (χ1n) is 5.99. The summed E-state index contributed by atoms with van der Waals surface area (Å²) in [7, 11) is 3.34. The van der Waals surface area contributed by atoms with E-state index in [-0.39, 0.29) is 6.03 Å². The van der Waals surface area contributed by atoms with Crippen molar-refractivity contribution < 1.29 is 9.53 Å². The zero-order valence-electron chi connectivity index (χ0n) is 11.2. The van der Waals surface area contributed by atoms with Crippen LogP contribution in [0.3, 0.4) is 0 Å². The maximum Gasteiger partial charge on any atom is 0.322 e. The van der Waals surface area contributed by atoms with E-state index in [1.165, 1.54) is 0 Å². The number of rotatable bonds is 4. The van der Waals surface area contributed by atoms with Crippen LogP contribution in [0.1, 0.15) is 4.88 Å². The summed E-state index contributed by atoms with van der Waals surface area (Å²) >= 11 is 5.03. The lowest BCUT2D eigenvalue weighted by molar-refractivity contribution is 0.221. The molecule has 0 radical (unpaired) electrons. The fraction of sp³-hybridized carbons (Fsp3) is 0.214. The fourth-order valence-electron chi connectivity index (χ4n) is 1.70. The van der Waals surface area contributed by atoms with E-state index in [4.69, 9.17) is 4.74 Å². The van der Waals surface area contributed by atoms with Gasteiger partial charge in [-0.05, 0) is 40.2 Å². The topological polar surface area (TPSA) is 41.6 Å². The number of hydrogen-bond acceptors (Lipinski definition) is 3. The number of halogens is 1. The van der Waals surface area contributed by atoms with Gasteiger partial charge in [-0.3, -0.25) is 0 Å². The molecule has 20 heavy (non-hydrogen) atoms. The van der Waals surface area contributed by atoms with Gasteiger partial charge >= 0.3 is 6.03 Å². The van der Waals surface area contributed by atoms with E-state index in [9.17, 15) is 4.79 Å². The molecular weight excluding hydrogens is 340 g/mol. The number of ether oxygens (including phenoxy) is 1. The molecular formula is C14H15BrN2O2S. The highest BCUT2D eigenvalue weighted by Gasteiger charge is 2.12. The largest absolute Gasteiger partial charge is 0.495 e. The first-order valence-corrected chi connectivity index (χ1v) is 7.60. The Kier molecular flexibility index (Phi) is 5.03. The summed E-state index contributed by atoms with van der Waals surface area (Å²) < 4.78 is 6.27. The number of thiophene rings is 1. The molecule has 0 unspecified atom stereocenters. The number of benzene rings is 1. The molecule has 0 atom stereocenters. The van der Waals surface area contributed by atoms with E-state index in [2.05, 4.69) is 21.2 Å². The van der Waals surface area contributed by atoms with Gasteiger partial charge in [0.25, 0.3) is 0 Å². The van der Waals surface area contributed by atoms with E-state index >= 15 is 0 Å². The Morgan fingerprint density at radius 3 is 2.75 bits per heavy atom. The zero-order valence-corrected chi connectivity index (χ0v) is 13.6. The summed E-state index contributed by atoms with van der Waals surface area (Å²) in [4.78, 5) is 14.9. The van der Waals surface area contributed by atoms with Crippen LogP contribution in [0, 0.1) is 0 Å². The number of methoxy groups -OCH3 is 1. The Bertz CT molecular complexity index is 600. The average Bonchev–Trinajstić information content (AvgIpc) is 2.84. The van der Waals surface area contributed by atoms with Crippen molar-refractivity contribution in [2.45, 2.75) is 6.54 Å². The molecule has 1 N–H and O–H groups in total. The lowest BCUT2D eigenvalue weighted by Gasteiger charge is -2.18. The van der Waals surface area contributed by atoms with Gasteiger partial charge in [0.05, 0.1) is 23.1 Å². The van der Waals surface area contributed by atoms with Crippen molar-refractivity contribution in [3.63, 3.8) is 0 Å². The number of hydrogen-bond donors (Lipinski definition) is 1. The second kappa shape index (κ2) is 6.76. The maximum atomic E-state index is 12.1. The van der Waals surface area contributed by atoms with E-state index in [0.29, 0.717) is 18.0 Å². The normalized spacial score (nSPS) is 10.2. The van der Waals surface area contributed by atoms with Crippen LogP contribution < -0.4 is 10.1 Å². The molecule has 0 aliphatic carbocycles. The van der Waals surface area contributed by atoms with Crippen LogP contribution >= 0.6 is 27.3 Å². The quantitative estimate of drug-likeness (QED) is 0.894. The minimum absolute atomic E-state index is 0.168. The van der Waals surface area contributed by atoms with E-state index in [0.717, 1.165) is 8.66 Å². The predicted octanol–water partition coefficient (Wildman–Crippen LogP) is 4.18. The standard InChI is InChI=1S/C14H15BrN2O2S/c1-17(9-10-7-8-13(15)20-10)14(18)16-11-5-3-4-6-12(11)19-2/h3-8H,9H2,1-2H3,(H,16,18). The molecule has 2 rings (SSSR count). The summed E-state index contributed by atoms with van der Waals surface area (Å²) in [6, 6.07) is 11.2.